The summed E-state index contributed by atoms with van der Waals surface area (Å²) in [4.78, 5) is 35.8. The van der Waals surface area contributed by atoms with Crippen LogP contribution in [0.4, 0.5) is 10.5 Å². The van der Waals surface area contributed by atoms with Gasteiger partial charge in [0.05, 0.1) is 19.3 Å². The fourth-order valence-corrected chi connectivity index (χ4v) is 1.82. The maximum Gasteiger partial charge on any atom is 0.407 e. The summed E-state index contributed by atoms with van der Waals surface area (Å²) in [5.74, 6) is -0.610. The lowest BCUT2D eigenvalue weighted by Crippen LogP contribution is -2.37. The lowest BCUT2D eigenvalue weighted by atomic mass is 10.2. The highest BCUT2D eigenvalue weighted by atomic mass is 16.5. The van der Waals surface area contributed by atoms with Crippen LogP contribution >= 0.6 is 0 Å². The lowest BCUT2D eigenvalue weighted by Gasteiger charge is -2.21. The molecule has 0 aliphatic rings. The molecule has 0 unspecified atom stereocenters. The summed E-state index contributed by atoms with van der Waals surface area (Å²) < 4.78 is 9.36. The van der Waals surface area contributed by atoms with Crippen LogP contribution < -0.4 is 10.2 Å². The van der Waals surface area contributed by atoms with Crippen LogP contribution in [0.15, 0.2) is 24.3 Å². The number of hydrogen-bond donors (Lipinski definition) is 1. The van der Waals surface area contributed by atoms with Crippen LogP contribution in [0.1, 0.15) is 24.2 Å². The molecular formula is C15H20N2O5. The van der Waals surface area contributed by atoms with Crippen molar-refractivity contribution in [1.82, 2.24) is 5.32 Å². The Morgan fingerprint density at radius 3 is 2.32 bits per heavy atom. The zero-order valence-electron chi connectivity index (χ0n) is 12.9. The maximum absolute atomic E-state index is 11.7. The van der Waals surface area contributed by atoms with Crippen molar-refractivity contribution in [1.29, 1.82) is 0 Å². The summed E-state index contributed by atoms with van der Waals surface area (Å²) in [5, 5.41) is 2.55. The van der Waals surface area contributed by atoms with E-state index in [1.54, 1.807) is 31.2 Å². The molecule has 0 bridgehead atoms. The summed E-state index contributed by atoms with van der Waals surface area (Å²) in [6.45, 7) is 3.99. The van der Waals surface area contributed by atoms with E-state index in [1.165, 1.54) is 18.9 Å². The number of anilines is 1. The van der Waals surface area contributed by atoms with Crippen molar-refractivity contribution in [3.8, 4) is 0 Å². The second-order valence-corrected chi connectivity index (χ2v) is 4.36. The van der Waals surface area contributed by atoms with E-state index >= 15 is 0 Å². The summed E-state index contributed by atoms with van der Waals surface area (Å²) >= 11 is 0. The molecule has 0 aromatic heterocycles. The van der Waals surface area contributed by atoms with Gasteiger partial charge >= 0.3 is 12.1 Å². The first kappa shape index (κ1) is 17.5. The Labute approximate surface area is 129 Å². The van der Waals surface area contributed by atoms with Crippen molar-refractivity contribution in [2.45, 2.75) is 13.8 Å². The van der Waals surface area contributed by atoms with Crippen LogP contribution in [0, 0.1) is 0 Å². The number of alkyl carbamates (subject to hydrolysis) is 1. The number of benzene rings is 1. The van der Waals surface area contributed by atoms with E-state index in [0.29, 0.717) is 17.8 Å². The van der Waals surface area contributed by atoms with Gasteiger partial charge in [0, 0.05) is 25.7 Å². The van der Waals surface area contributed by atoms with Crippen molar-refractivity contribution in [3.63, 3.8) is 0 Å². The Balaban J connectivity index is 2.69. The van der Waals surface area contributed by atoms with Gasteiger partial charge in [-0.3, -0.25) is 4.79 Å². The molecule has 120 valence electrons. The fourth-order valence-electron chi connectivity index (χ4n) is 1.82. The number of nitrogens with one attached hydrogen (secondary N) is 1. The first-order valence-electron chi connectivity index (χ1n) is 6.86. The molecule has 0 saturated heterocycles. The van der Waals surface area contributed by atoms with Gasteiger partial charge in [-0.25, -0.2) is 9.59 Å². The Morgan fingerprint density at radius 2 is 1.82 bits per heavy atom. The molecule has 0 radical (unpaired) electrons. The zero-order chi connectivity index (χ0) is 16.5. The second-order valence-electron chi connectivity index (χ2n) is 4.36. The number of carbonyl (C=O) groups is 3. The zero-order valence-corrected chi connectivity index (χ0v) is 12.9. The smallest absolute Gasteiger partial charge is 0.407 e. The van der Waals surface area contributed by atoms with Crippen LogP contribution in [0.3, 0.4) is 0 Å². The lowest BCUT2D eigenvalue weighted by molar-refractivity contribution is -0.116. The first-order chi connectivity index (χ1) is 10.5. The largest absolute Gasteiger partial charge is 0.465 e. The van der Waals surface area contributed by atoms with E-state index in [9.17, 15) is 14.4 Å². The van der Waals surface area contributed by atoms with Gasteiger partial charge in [0.1, 0.15) is 0 Å². The molecule has 0 spiro atoms. The minimum Gasteiger partial charge on any atom is -0.465 e. The molecule has 1 aromatic rings. The van der Waals surface area contributed by atoms with Gasteiger partial charge in [0.25, 0.3) is 0 Å². The monoisotopic (exact) mass is 308 g/mol. The molecule has 0 saturated carbocycles. The topological polar surface area (TPSA) is 84.9 Å². The number of ether oxygens (including phenoxy) is 2. The van der Waals surface area contributed by atoms with Crippen LogP contribution in [-0.4, -0.2) is 44.8 Å². The molecule has 0 aliphatic heterocycles. The van der Waals surface area contributed by atoms with Crippen molar-refractivity contribution in [3.05, 3.63) is 29.8 Å². The molecule has 0 atom stereocenters. The highest BCUT2D eigenvalue weighted by Crippen LogP contribution is 2.15. The number of hydrogen-bond acceptors (Lipinski definition) is 5. The molecule has 0 fully saturated rings. The van der Waals surface area contributed by atoms with Gasteiger partial charge in [0.15, 0.2) is 0 Å². The van der Waals surface area contributed by atoms with Crippen molar-refractivity contribution in [2.75, 3.05) is 31.7 Å². The molecule has 1 N–H and O–H groups in total. The van der Waals surface area contributed by atoms with Crippen LogP contribution in [0.2, 0.25) is 0 Å². The second kappa shape index (κ2) is 8.66. The van der Waals surface area contributed by atoms with Crippen LogP contribution in [0.5, 0.6) is 0 Å². The van der Waals surface area contributed by atoms with Gasteiger partial charge in [-0.15, -0.1) is 0 Å². The summed E-state index contributed by atoms with van der Waals surface area (Å²) in [7, 11) is 1.30. The van der Waals surface area contributed by atoms with E-state index in [2.05, 4.69) is 10.1 Å². The number of methoxy groups -OCH3 is 1. The molecule has 7 heteroatoms. The van der Waals surface area contributed by atoms with Crippen LogP contribution in [0.25, 0.3) is 0 Å². The predicted octanol–water partition coefficient (Wildman–Crippen LogP) is 1.57. The van der Waals surface area contributed by atoms with E-state index in [-0.39, 0.29) is 19.1 Å². The average molecular weight is 308 g/mol. The van der Waals surface area contributed by atoms with Crippen molar-refractivity contribution in [2.24, 2.45) is 0 Å². The van der Waals surface area contributed by atoms with Gasteiger partial charge in [0.2, 0.25) is 5.91 Å². The number of amides is 2. The number of nitrogens with zero attached hydrogens (tertiary/aromatic N) is 1. The number of carbonyl (C=O) groups excluding carboxylic acids is 3. The Morgan fingerprint density at radius 1 is 1.18 bits per heavy atom. The molecule has 0 heterocycles. The third-order valence-corrected chi connectivity index (χ3v) is 2.86. The number of esters is 1. The Kier molecular flexibility index (Phi) is 6.88. The predicted molar refractivity (Wildman–Crippen MR) is 80.8 cm³/mol. The quantitative estimate of drug-likeness (QED) is 0.806. The third kappa shape index (κ3) is 5.08. The average Bonchev–Trinajstić information content (AvgIpc) is 2.51. The number of rotatable bonds is 6. The Hall–Kier alpha value is -2.57. The molecule has 1 aromatic carbocycles. The first-order valence-corrected chi connectivity index (χ1v) is 6.86. The third-order valence-electron chi connectivity index (χ3n) is 2.86. The standard InChI is InChI=1S/C15H20N2O5/c1-4-22-15(20)16-9-10-17(11(2)18)13-7-5-12(6-8-13)14(19)21-3/h5-8H,4,9-10H2,1-3H3,(H,16,20). The highest BCUT2D eigenvalue weighted by Gasteiger charge is 2.13. The molecule has 1 rings (SSSR count). The van der Waals surface area contributed by atoms with E-state index in [1.807, 2.05) is 0 Å². The highest BCUT2D eigenvalue weighted by molar-refractivity contribution is 5.93. The summed E-state index contributed by atoms with van der Waals surface area (Å²) in [5.41, 5.74) is 1.03. The van der Waals surface area contributed by atoms with Gasteiger partial charge in [-0.1, -0.05) is 0 Å². The molecular weight excluding hydrogens is 288 g/mol. The van der Waals surface area contributed by atoms with Gasteiger partial charge in [-0.2, -0.15) is 0 Å². The summed E-state index contributed by atoms with van der Waals surface area (Å²) in [6.07, 6.45) is -0.521. The minimum atomic E-state index is -0.521. The van der Waals surface area contributed by atoms with E-state index in [4.69, 9.17) is 4.74 Å². The summed E-state index contributed by atoms with van der Waals surface area (Å²) in [6, 6.07) is 6.46. The van der Waals surface area contributed by atoms with Gasteiger partial charge in [-0.05, 0) is 31.2 Å². The van der Waals surface area contributed by atoms with Crippen LogP contribution in [-0.2, 0) is 14.3 Å². The SMILES string of the molecule is CCOC(=O)NCCN(C(C)=O)c1ccc(C(=O)OC)cc1. The molecule has 0 aliphatic carbocycles. The fraction of sp³-hybridized carbons (Fsp3) is 0.400. The van der Waals surface area contributed by atoms with Gasteiger partial charge < -0.3 is 19.7 Å². The normalized spacial score (nSPS) is 9.77. The minimum absolute atomic E-state index is 0.170. The molecule has 2 amide bonds. The van der Waals surface area contributed by atoms with Crippen molar-refractivity contribution >= 4 is 23.7 Å². The molecule has 22 heavy (non-hydrogen) atoms. The Bertz CT molecular complexity index is 527. The van der Waals surface area contributed by atoms with E-state index in [0.717, 1.165) is 0 Å². The van der Waals surface area contributed by atoms with E-state index < -0.39 is 12.1 Å². The maximum atomic E-state index is 11.7. The van der Waals surface area contributed by atoms with Crippen molar-refractivity contribution < 1.29 is 23.9 Å². The molecule has 7 nitrogen and oxygen atoms in total.